The van der Waals surface area contributed by atoms with Gasteiger partial charge in [0.2, 0.25) is 0 Å². The lowest BCUT2D eigenvalue weighted by Gasteiger charge is -2.07. The number of sulfonamides is 1. The number of carboxylic acid groups (broad SMARTS) is 1. The Hall–Kier alpha value is -2.36. The van der Waals surface area contributed by atoms with E-state index in [0.29, 0.717) is 17.1 Å². The van der Waals surface area contributed by atoms with Crippen LogP contribution in [0.3, 0.4) is 0 Å². The van der Waals surface area contributed by atoms with Crippen LogP contribution in [0.2, 0.25) is 0 Å². The molecule has 0 saturated heterocycles. The zero-order valence-electron chi connectivity index (χ0n) is 11.0. The molecule has 0 fully saturated rings. The molecule has 9 nitrogen and oxygen atoms in total. The number of carboxylic acids is 1. The molecular formula is C10H13N5O4S. The van der Waals surface area contributed by atoms with Crippen LogP contribution in [0.4, 0.5) is 5.69 Å². The van der Waals surface area contributed by atoms with Gasteiger partial charge in [-0.1, -0.05) is 0 Å². The lowest BCUT2D eigenvalue weighted by Crippen LogP contribution is -2.17. The summed E-state index contributed by atoms with van der Waals surface area (Å²) in [7, 11) is -2.40. The van der Waals surface area contributed by atoms with E-state index in [9.17, 15) is 13.2 Å². The Balaban J connectivity index is 2.46. The van der Waals surface area contributed by atoms with E-state index >= 15 is 0 Å². The van der Waals surface area contributed by atoms with Gasteiger partial charge >= 0.3 is 5.97 Å². The van der Waals surface area contributed by atoms with Crippen LogP contribution in [0.1, 0.15) is 21.7 Å². The molecule has 2 rings (SSSR count). The van der Waals surface area contributed by atoms with Gasteiger partial charge in [0.15, 0.2) is 5.03 Å². The molecule has 3 N–H and O–H groups in total. The summed E-state index contributed by atoms with van der Waals surface area (Å²) < 4.78 is 28.3. The number of aryl methyl sites for hydroxylation is 2. The second kappa shape index (κ2) is 4.63. The van der Waals surface area contributed by atoms with Gasteiger partial charge in [-0.2, -0.15) is 18.6 Å². The maximum absolute atomic E-state index is 12.2. The van der Waals surface area contributed by atoms with Crippen LogP contribution >= 0.6 is 0 Å². The highest BCUT2D eigenvalue weighted by Crippen LogP contribution is 2.23. The van der Waals surface area contributed by atoms with Crippen LogP contribution < -0.4 is 4.72 Å². The lowest BCUT2D eigenvalue weighted by molar-refractivity contribution is 0.0692. The van der Waals surface area contributed by atoms with E-state index in [1.807, 2.05) is 0 Å². The Bertz CT molecular complexity index is 774. The number of aromatic amines is 1. The molecule has 10 heteroatoms. The summed E-state index contributed by atoms with van der Waals surface area (Å²) >= 11 is 0. The van der Waals surface area contributed by atoms with Crippen LogP contribution in [0, 0.1) is 13.8 Å². The third-order valence-electron chi connectivity index (χ3n) is 2.85. The molecule has 0 aliphatic rings. The van der Waals surface area contributed by atoms with Gasteiger partial charge in [0.1, 0.15) is 5.56 Å². The molecule has 0 aliphatic carbocycles. The van der Waals surface area contributed by atoms with Crippen molar-refractivity contribution in [2.45, 2.75) is 18.9 Å². The van der Waals surface area contributed by atoms with Crippen molar-refractivity contribution < 1.29 is 18.3 Å². The minimum atomic E-state index is -4.08. The number of nitrogens with one attached hydrogen (secondary N) is 2. The van der Waals surface area contributed by atoms with Gasteiger partial charge in [-0.25, -0.2) is 4.79 Å². The molecule has 0 amide bonds. The standard InChI is InChI=1S/C10H13N5O4S/c1-5-8(6(2)15(3)13-5)14-20(18,19)9-7(10(16)17)4-11-12-9/h4,14H,1-3H3,(H,11,12)(H,16,17). The van der Waals surface area contributed by atoms with Crippen molar-refractivity contribution >= 4 is 21.7 Å². The van der Waals surface area contributed by atoms with Gasteiger partial charge in [0.05, 0.1) is 23.3 Å². The minimum Gasteiger partial charge on any atom is -0.478 e. The van der Waals surface area contributed by atoms with Crippen LogP contribution in [0.15, 0.2) is 11.2 Å². The molecule has 20 heavy (non-hydrogen) atoms. The Morgan fingerprint density at radius 2 is 2.10 bits per heavy atom. The molecule has 0 aliphatic heterocycles. The van der Waals surface area contributed by atoms with Crippen LogP contribution in [0.25, 0.3) is 0 Å². The van der Waals surface area contributed by atoms with Gasteiger partial charge in [0.25, 0.3) is 10.0 Å². The Morgan fingerprint density at radius 1 is 1.45 bits per heavy atom. The van der Waals surface area contributed by atoms with Crippen molar-refractivity contribution in [3.8, 4) is 0 Å². The van der Waals surface area contributed by atoms with Crippen molar-refractivity contribution in [3.05, 3.63) is 23.1 Å². The summed E-state index contributed by atoms with van der Waals surface area (Å²) in [6.07, 6.45) is 0.944. The number of rotatable bonds is 4. The van der Waals surface area contributed by atoms with Gasteiger partial charge in [-0.3, -0.25) is 14.5 Å². The van der Waals surface area contributed by atoms with Crippen molar-refractivity contribution in [2.75, 3.05) is 4.72 Å². The summed E-state index contributed by atoms with van der Waals surface area (Å²) in [5, 5.41) is 18.2. The molecule has 0 bridgehead atoms. The topological polar surface area (TPSA) is 130 Å². The zero-order valence-corrected chi connectivity index (χ0v) is 11.8. The third-order valence-corrected chi connectivity index (χ3v) is 4.17. The molecule has 2 heterocycles. The van der Waals surface area contributed by atoms with E-state index in [2.05, 4.69) is 20.0 Å². The first-order chi connectivity index (χ1) is 9.24. The van der Waals surface area contributed by atoms with E-state index in [1.165, 1.54) is 4.68 Å². The van der Waals surface area contributed by atoms with E-state index in [0.717, 1.165) is 6.20 Å². The third kappa shape index (κ3) is 2.25. The molecule has 0 aromatic carbocycles. The van der Waals surface area contributed by atoms with E-state index in [1.54, 1.807) is 20.9 Å². The van der Waals surface area contributed by atoms with Crippen molar-refractivity contribution in [2.24, 2.45) is 7.05 Å². The summed E-state index contributed by atoms with van der Waals surface area (Å²) in [5.41, 5.74) is 1.00. The van der Waals surface area contributed by atoms with Crippen molar-refractivity contribution in [1.29, 1.82) is 0 Å². The minimum absolute atomic E-state index is 0.318. The number of H-pyrrole nitrogens is 1. The molecule has 2 aromatic heterocycles. The molecule has 2 aromatic rings. The van der Waals surface area contributed by atoms with Crippen LogP contribution in [-0.2, 0) is 17.1 Å². The number of aromatic carboxylic acids is 1. The van der Waals surface area contributed by atoms with Gasteiger partial charge in [-0.15, -0.1) is 0 Å². The molecule has 108 valence electrons. The maximum Gasteiger partial charge on any atom is 0.340 e. The van der Waals surface area contributed by atoms with Crippen molar-refractivity contribution in [1.82, 2.24) is 20.0 Å². The maximum atomic E-state index is 12.2. The number of nitrogens with zero attached hydrogens (tertiary/aromatic N) is 3. The fourth-order valence-corrected chi connectivity index (χ4v) is 3.01. The largest absolute Gasteiger partial charge is 0.478 e. The predicted octanol–water partition coefficient (Wildman–Crippen LogP) is 0.259. The molecule has 0 spiro atoms. The Morgan fingerprint density at radius 3 is 2.60 bits per heavy atom. The summed E-state index contributed by atoms with van der Waals surface area (Å²) in [6.45, 7) is 3.35. The first-order valence-electron chi connectivity index (χ1n) is 5.53. The second-order valence-electron chi connectivity index (χ2n) is 4.19. The average molecular weight is 299 g/mol. The monoisotopic (exact) mass is 299 g/mol. The Kier molecular flexibility index (Phi) is 3.26. The molecule has 0 atom stereocenters. The fourth-order valence-electron chi connectivity index (χ4n) is 1.74. The van der Waals surface area contributed by atoms with Crippen LogP contribution in [0.5, 0.6) is 0 Å². The lowest BCUT2D eigenvalue weighted by atomic mass is 10.3. The fraction of sp³-hybridized carbons (Fsp3) is 0.300. The second-order valence-corrected chi connectivity index (χ2v) is 5.81. The zero-order chi connectivity index (χ0) is 15.1. The normalized spacial score (nSPS) is 11.6. The van der Waals surface area contributed by atoms with Gasteiger partial charge in [-0.05, 0) is 13.8 Å². The number of hydrogen-bond acceptors (Lipinski definition) is 5. The van der Waals surface area contributed by atoms with Crippen LogP contribution in [-0.4, -0.2) is 39.5 Å². The summed E-state index contributed by atoms with van der Waals surface area (Å²) in [6, 6.07) is 0. The summed E-state index contributed by atoms with van der Waals surface area (Å²) in [4.78, 5) is 11.0. The summed E-state index contributed by atoms with van der Waals surface area (Å²) in [5.74, 6) is -1.38. The molecule has 0 saturated carbocycles. The first-order valence-corrected chi connectivity index (χ1v) is 7.02. The highest BCUT2D eigenvalue weighted by Gasteiger charge is 2.26. The highest BCUT2D eigenvalue weighted by atomic mass is 32.2. The Labute approximate surface area is 114 Å². The quantitative estimate of drug-likeness (QED) is 0.742. The number of aromatic nitrogens is 4. The highest BCUT2D eigenvalue weighted by molar-refractivity contribution is 7.92. The molecule has 0 unspecified atom stereocenters. The first kappa shape index (κ1) is 14.1. The number of hydrogen-bond donors (Lipinski definition) is 3. The van der Waals surface area contributed by atoms with E-state index in [-0.39, 0.29) is 0 Å². The van der Waals surface area contributed by atoms with E-state index in [4.69, 9.17) is 5.11 Å². The molecular weight excluding hydrogens is 286 g/mol. The molecule has 0 radical (unpaired) electrons. The number of carbonyl (C=O) groups is 1. The van der Waals surface area contributed by atoms with E-state index < -0.39 is 26.6 Å². The number of anilines is 1. The van der Waals surface area contributed by atoms with Crippen molar-refractivity contribution in [3.63, 3.8) is 0 Å². The van der Waals surface area contributed by atoms with Gasteiger partial charge in [0, 0.05) is 7.05 Å². The van der Waals surface area contributed by atoms with Gasteiger partial charge < -0.3 is 5.11 Å². The average Bonchev–Trinajstić information content (AvgIpc) is 2.91. The smallest absolute Gasteiger partial charge is 0.340 e. The SMILES string of the molecule is Cc1nn(C)c(C)c1NS(=O)(=O)c1[nH]ncc1C(=O)O. The predicted molar refractivity (Wildman–Crippen MR) is 69.0 cm³/mol.